The van der Waals surface area contributed by atoms with Gasteiger partial charge in [-0.15, -0.1) is 0 Å². The van der Waals surface area contributed by atoms with Crippen LogP contribution in [0, 0.1) is 0 Å². The molecule has 2 aliphatic heterocycles. The van der Waals surface area contributed by atoms with E-state index in [0.29, 0.717) is 17.9 Å². The Morgan fingerprint density at radius 2 is 2.00 bits per heavy atom. The van der Waals surface area contributed by atoms with Crippen LogP contribution in [0.5, 0.6) is 5.75 Å². The topological polar surface area (TPSA) is 97.2 Å². The lowest BCUT2D eigenvalue weighted by Gasteiger charge is -2.26. The highest BCUT2D eigenvalue weighted by atomic mass is 19.4. The number of esters is 1. The second kappa shape index (κ2) is 9.68. The van der Waals surface area contributed by atoms with Crippen LogP contribution in [-0.4, -0.2) is 42.6 Å². The zero-order valence-electron chi connectivity index (χ0n) is 17.9. The molecule has 7 nitrogen and oxygen atoms in total. The fraction of sp³-hybridized carbons (Fsp3) is 0.292. The van der Waals surface area contributed by atoms with Gasteiger partial charge in [0.1, 0.15) is 30.4 Å². The van der Waals surface area contributed by atoms with Gasteiger partial charge in [0.15, 0.2) is 0 Å². The number of aliphatic hydroxyl groups excluding tert-OH is 1. The van der Waals surface area contributed by atoms with Gasteiger partial charge in [-0.05, 0) is 23.8 Å². The summed E-state index contributed by atoms with van der Waals surface area (Å²) in [4.78, 5) is 29.1. The molecule has 2 aliphatic rings. The number of hydrogen-bond acceptors (Lipinski definition) is 6. The minimum atomic E-state index is -4.55. The van der Waals surface area contributed by atoms with Gasteiger partial charge in [0.2, 0.25) is 5.91 Å². The third kappa shape index (κ3) is 4.96. The number of alkyl halides is 3. The molecule has 1 unspecified atom stereocenters. The van der Waals surface area contributed by atoms with Crippen molar-refractivity contribution in [2.45, 2.75) is 25.1 Å². The first-order chi connectivity index (χ1) is 16.3. The van der Waals surface area contributed by atoms with Crippen molar-refractivity contribution in [1.29, 1.82) is 0 Å². The standard InChI is InChI=1S/C24H21F3N2O5/c25-24(26,27)19-4-2-1-3-15(19)13-34-20-6-5-14(11-18(20)23(32)33-10-9-30)17-12-21(31)29-22-16(17)7-8-28-22/h1-7,11,17,30H,8-10,12-13H2,(H,28,29,31). The van der Waals surface area contributed by atoms with Crippen LogP contribution in [0.15, 0.2) is 59.1 Å². The Bertz CT molecular complexity index is 1170. The number of fused-ring (bicyclic) bond motifs is 1. The van der Waals surface area contributed by atoms with E-state index in [9.17, 15) is 22.8 Å². The molecular weight excluding hydrogens is 453 g/mol. The molecule has 2 aromatic rings. The minimum Gasteiger partial charge on any atom is -0.488 e. The number of benzene rings is 2. The van der Waals surface area contributed by atoms with Gasteiger partial charge in [0, 0.05) is 23.5 Å². The van der Waals surface area contributed by atoms with E-state index in [1.165, 1.54) is 30.3 Å². The highest BCUT2D eigenvalue weighted by Gasteiger charge is 2.34. The molecule has 1 saturated heterocycles. The van der Waals surface area contributed by atoms with Crippen LogP contribution >= 0.6 is 0 Å². The maximum absolute atomic E-state index is 13.3. The van der Waals surface area contributed by atoms with E-state index in [-0.39, 0.29) is 41.7 Å². The van der Waals surface area contributed by atoms with Crippen LogP contribution in [0.3, 0.4) is 0 Å². The molecule has 0 bridgehead atoms. The number of amides is 1. The van der Waals surface area contributed by atoms with Crippen molar-refractivity contribution in [3.63, 3.8) is 0 Å². The lowest BCUT2D eigenvalue weighted by Crippen LogP contribution is -2.38. The number of hydrogen-bond donors (Lipinski definition) is 2. The molecule has 0 saturated carbocycles. The maximum atomic E-state index is 13.3. The molecule has 2 N–H and O–H groups in total. The van der Waals surface area contributed by atoms with Crippen molar-refractivity contribution in [2.75, 3.05) is 19.8 Å². The van der Waals surface area contributed by atoms with E-state index in [0.717, 1.165) is 11.6 Å². The van der Waals surface area contributed by atoms with Crippen LogP contribution in [0.2, 0.25) is 0 Å². The van der Waals surface area contributed by atoms with Crippen molar-refractivity contribution in [3.05, 3.63) is 76.4 Å². The number of carbonyl (C=O) groups excluding carboxylic acids is 2. The Balaban J connectivity index is 1.65. The van der Waals surface area contributed by atoms with Crippen molar-refractivity contribution in [1.82, 2.24) is 5.32 Å². The molecule has 178 valence electrons. The fourth-order valence-corrected chi connectivity index (χ4v) is 3.96. The van der Waals surface area contributed by atoms with E-state index in [1.807, 2.05) is 6.08 Å². The Labute approximate surface area is 192 Å². The zero-order chi connectivity index (χ0) is 24.3. The molecule has 1 amide bonds. The fourth-order valence-electron chi connectivity index (χ4n) is 3.96. The van der Waals surface area contributed by atoms with Crippen LogP contribution < -0.4 is 10.1 Å². The third-order valence-corrected chi connectivity index (χ3v) is 5.51. The predicted octanol–water partition coefficient (Wildman–Crippen LogP) is 3.38. The normalized spacial score (nSPS) is 17.4. The molecular formula is C24H21F3N2O5. The molecule has 0 spiro atoms. The number of carbonyl (C=O) groups is 2. The Kier molecular flexibility index (Phi) is 6.69. The molecule has 1 atom stereocenters. The molecule has 10 heteroatoms. The van der Waals surface area contributed by atoms with Gasteiger partial charge in [-0.25, -0.2) is 4.79 Å². The first-order valence-electron chi connectivity index (χ1n) is 10.5. The molecule has 0 radical (unpaired) electrons. The van der Waals surface area contributed by atoms with E-state index in [1.54, 1.807) is 6.07 Å². The molecule has 0 aromatic heterocycles. The molecule has 0 aliphatic carbocycles. The number of nitrogens with zero attached hydrogens (tertiary/aromatic N) is 1. The number of aliphatic hydroxyl groups is 1. The largest absolute Gasteiger partial charge is 0.488 e. The van der Waals surface area contributed by atoms with Gasteiger partial charge in [0.25, 0.3) is 0 Å². The summed E-state index contributed by atoms with van der Waals surface area (Å²) in [6.45, 7) is -0.640. The number of rotatable bonds is 7. The van der Waals surface area contributed by atoms with E-state index >= 15 is 0 Å². The number of aliphatic imine (C=N–C) groups is 1. The van der Waals surface area contributed by atoms with E-state index in [4.69, 9.17) is 14.6 Å². The number of nitrogens with one attached hydrogen (secondary N) is 1. The van der Waals surface area contributed by atoms with Gasteiger partial charge in [-0.1, -0.05) is 30.3 Å². The molecule has 1 fully saturated rings. The summed E-state index contributed by atoms with van der Waals surface area (Å²) >= 11 is 0. The number of amidine groups is 1. The third-order valence-electron chi connectivity index (χ3n) is 5.51. The highest BCUT2D eigenvalue weighted by Crippen LogP contribution is 2.36. The summed E-state index contributed by atoms with van der Waals surface area (Å²) in [5.41, 5.74) is 0.536. The average molecular weight is 474 g/mol. The van der Waals surface area contributed by atoms with Gasteiger partial charge in [0.05, 0.1) is 18.7 Å². The molecule has 2 heterocycles. The second-order valence-corrected chi connectivity index (χ2v) is 7.71. The number of halogens is 3. The Morgan fingerprint density at radius 1 is 1.21 bits per heavy atom. The Hall–Kier alpha value is -3.66. The summed E-state index contributed by atoms with van der Waals surface area (Å²) in [7, 11) is 0. The maximum Gasteiger partial charge on any atom is 0.416 e. The van der Waals surface area contributed by atoms with Gasteiger partial charge < -0.3 is 19.9 Å². The average Bonchev–Trinajstić information content (AvgIpc) is 3.28. The summed E-state index contributed by atoms with van der Waals surface area (Å²) in [6, 6.07) is 9.65. The minimum absolute atomic E-state index is 0.0153. The van der Waals surface area contributed by atoms with Gasteiger partial charge in [-0.3, -0.25) is 9.79 Å². The van der Waals surface area contributed by atoms with Crippen molar-refractivity contribution >= 4 is 17.7 Å². The van der Waals surface area contributed by atoms with Gasteiger partial charge in [-0.2, -0.15) is 13.2 Å². The van der Waals surface area contributed by atoms with Crippen molar-refractivity contribution < 1.29 is 37.3 Å². The quantitative estimate of drug-likeness (QED) is 0.600. The number of ether oxygens (including phenoxy) is 2. The van der Waals surface area contributed by atoms with Crippen LogP contribution in [0.25, 0.3) is 0 Å². The summed E-state index contributed by atoms with van der Waals surface area (Å²) < 4.78 is 50.6. The SMILES string of the molecule is O=C1CC(c2ccc(OCc3ccccc3C(F)(F)F)c(C(=O)OCCO)c2)C2=CCN=C2N1. The smallest absolute Gasteiger partial charge is 0.416 e. The Morgan fingerprint density at radius 3 is 2.76 bits per heavy atom. The van der Waals surface area contributed by atoms with E-state index < -0.39 is 30.9 Å². The predicted molar refractivity (Wildman–Crippen MR) is 115 cm³/mol. The lowest BCUT2D eigenvalue weighted by atomic mass is 9.84. The van der Waals surface area contributed by atoms with Crippen LogP contribution in [-0.2, 0) is 22.3 Å². The summed E-state index contributed by atoms with van der Waals surface area (Å²) in [6.07, 6.45) is -2.51. The lowest BCUT2D eigenvalue weighted by molar-refractivity contribution is -0.138. The second-order valence-electron chi connectivity index (χ2n) is 7.71. The molecule has 2 aromatic carbocycles. The van der Waals surface area contributed by atoms with Crippen molar-refractivity contribution in [3.8, 4) is 5.75 Å². The first-order valence-corrected chi connectivity index (χ1v) is 10.5. The zero-order valence-corrected chi connectivity index (χ0v) is 17.9. The van der Waals surface area contributed by atoms with Gasteiger partial charge >= 0.3 is 12.1 Å². The number of piperidine rings is 1. The summed E-state index contributed by atoms with van der Waals surface area (Å²) in [5, 5.41) is 11.7. The van der Waals surface area contributed by atoms with Crippen LogP contribution in [0.1, 0.15) is 39.4 Å². The molecule has 34 heavy (non-hydrogen) atoms. The first kappa shape index (κ1) is 23.5. The molecule has 4 rings (SSSR count). The van der Waals surface area contributed by atoms with E-state index in [2.05, 4.69) is 10.3 Å². The van der Waals surface area contributed by atoms with Crippen molar-refractivity contribution in [2.24, 2.45) is 4.99 Å². The summed E-state index contributed by atoms with van der Waals surface area (Å²) in [5.74, 6) is -0.840. The van der Waals surface area contributed by atoms with Crippen LogP contribution in [0.4, 0.5) is 13.2 Å². The highest BCUT2D eigenvalue weighted by molar-refractivity contribution is 6.12. The monoisotopic (exact) mass is 474 g/mol.